The zero-order valence-electron chi connectivity index (χ0n) is 12.9. The molecule has 1 fully saturated rings. The monoisotopic (exact) mass is 315 g/mol. The Bertz CT molecular complexity index is 736. The van der Waals surface area contributed by atoms with Gasteiger partial charge in [-0.05, 0) is 31.5 Å². The molecule has 1 aromatic heterocycles. The van der Waals surface area contributed by atoms with Crippen LogP contribution in [0.2, 0.25) is 0 Å². The van der Waals surface area contributed by atoms with Crippen LogP contribution in [0.4, 0.5) is 4.39 Å². The molecule has 6 nitrogen and oxygen atoms in total. The van der Waals surface area contributed by atoms with E-state index in [1.807, 2.05) is 6.07 Å². The first-order valence-electron chi connectivity index (χ1n) is 7.40. The van der Waals surface area contributed by atoms with Gasteiger partial charge in [-0.2, -0.15) is 0 Å². The number of aromatic nitrogens is 2. The minimum Gasteiger partial charge on any atom is -0.335 e. The van der Waals surface area contributed by atoms with E-state index in [0.29, 0.717) is 23.5 Å². The second-order valence-corrected chi connectivity index (χ2v) is 5.57. The maximum atomic E-state index is 13.3. The van der Waals surface area contributed by atoms with E-state index in [-0.39, 0.29) is 23.9 Å². The number of nitrogens with zero attached hydrogens (tertiary/aromatic N) is 2. The van der Waals surface area contributed by atoms with Crippen LogP contribution in [0, 0.1) is 19.7 Å². The molecule has 1 saturated heterocycles. The van der Waals surface area contributed by atoms with Gasteiger partial charge in [0.1, 0.15) is 11.6 Å². The van der Waals surface area contributed by atoms with Crippen molar-refractivity contribution in [2.45, 2.75) is 32.5 Å². The summed E-state index contributed by atoms with van der Waals surface area (Å²) < 4.78 is 13.3. The second kappa shape index (κ2) is 6.39. The summed E-state index contributed by atoms with van der Waals surface area (Å²) in [6.45, 7) is 3.56. The van der Waals surface area contributed by atoms with Crippen LogP contribution in [0.1, 0.15) is 39.9 Å². The van der Waals surface area contributed by atoms with E-state index < -0.39 is 0 Å². The first-order valence-corrected chi connectivity index (χ1v) is 7.40. The number of rotatable bonds is 3. The molecule has 1 aliphatic rings. The Morgan fingerprint density at radius 1 is 1.35 bits per heavy atom. The highest BCUT2D eigenvalue weighted by Gasteiger charge is 2.27. The molecule has 2 aromatic rings. The first-order chi connectivity index (χ1) is 11.0. The molecule has 0 radical (unpaired) electrons. The predicted octanol–water partition coefficient (Wildman–Crippen LogP) is 1.53. The highest BCUT2D eigenvalue weighted by molar-refractivity contribution is 5.95. The molecule has 0 bridgehead atoms. The lowest BCUT2D eigenvalue weighted by atomic mass is 10.0. The van der Waals surface area contributed by atoms with Crippen molar-refractivity contribution < 1.29 is 9.18 Å². The fourth-order valence-corrected chi connectivity index (χ4v) is 2.63. The molecule has 23 heavy (non-hydrogen) atoms. The minimum absolute atomic E-state index is 0.0636. The van der Waals surface area contributed by atoms with Gasteiger partial charge >= 0.3 is 0 Å². The van der Waals surface area contributed by atoms with E-state index in [4.69, 9.17) is 0 Å². The third-order valence-corrected chi connectivity index (χ3v) is 3.80. The Labute approximate surface area is 133 Å². The van der Waals surface area contributed by atoms with Crippen molar-refractivity contribution in [1.29, 1.82) is 0 Å². The van der Waals surface area contributed by atoms with Gasteiger partial charge in [0.2, 0.25) is 0 Å². The highest BCUT2D eigenvalue weighted by Crippen LogP contribution is 2.22. The molecule has 1 amide bonds. The van der Waals surface area contributed by atoms with Crippen LogP contribution < -0.4 is 16.2 Å². The summed E-state index contributed by atoms with van der Waals surface area (Å²) in [6, 6.07) is 6.36. The van der Waals surface area contributed by atoms with Gasteiger partial charge in [0.15, 0.2) is 0 Å². The molecule has 2 unspecified atom stereocenters. The number of benzene rings is 1. The summed E-state index contributed by atoms with van der Waals surface area (Å²) >= 11 is 0. The zero-order chi connectivity index (χ0) is 16.4. The Hall–Kier alpha value is -2.38. The molecule has 2 heterocycles. The molecule has 1 aromatic carbocycles. The summed E-state index contributed by atoms with van der Waals surface area (Å²) in [4.78, 5) is 20.6. The van der Waals surface area contributed by atoms with Gasteiger partial charge in [-0.1, -0.05) is 12.1 Å². The van der Waals surface area contributed by atoms with Crippen LogP contribution in [0.25, 0.3) is 0 Å². The molecule has 120 valence electrons. The average molecular weight is 315 g/mol. The van der Waals surface area contributed by atoms with Crippen LogP contribution in [0.3, 0.4) is 0 Å². The van der Waals surface area contributed by atoms with E-state index >= 15 is 0 Å². The number of carbonyl (C=O) groups is 1. The lowest BCUT2D eigenvalue weighted by molar-refractivity contribution is 0.0931. The van der Waals surface area contributed by atoms with Crippen molar-refractivity contribution >= 4 is 5.91 Å². The van der Waals surface area contributed by atoms with E-state index in [2.05, 4.69) is 26.1 Å². The van der Waals surface area contributed by atoms with Crippen LogP contribution in [0.15, 0.2) is 30.5 Å². The van der Waals surface area contributed by atoms with Crippen molar-refractivity contribution in [1.82, 2.24) is 26.1 Å². The first kappa shape index (κ1) is 15.5. The quantitative estimate of drug-likeness (QED) is 0.800. The molecule has 0 spiro atoms. The van der Waals surface area contributed by atoms with Crippen LogP contribution >= 0.6 is 0 Å². The normalized spacial score (nSPS) is 20.5. The second-order valence-electron chi connectivity index (χ2n) is 5.57. The molecule has 3 N–H and O–H groups in total. The lowest BCUT2D eigenvalue weighted by Crippen LogP contribution is -2.44. The molecule has 0 saturated carbocycles. The largest absolute Gasteiger partial charge is 0.335 e. The van der Waals surface area contributed by atoms with Gasteiger partial charge < -0.3 is 5.32 Å². The molecular weight excluding hydrogens is 297 g/mol. The van der Waals surface area contributed by atoms with Gasteiger partial charge in [-0.25, -0.2) is 25.2 Å². The van der Waals surface area contributed by atoms with E-state index in [0.717, 1.165) is 5.56 Å². The minimum atomic E-state index is -0.274. The van der Waals surface area contributed by atoms with E-state index in [9.17, 15) is 9.18 Å². The van der Waals surface area contributed by atoms with E-state index in [1.165, 1.54) is 18.3 Å². The van der Waals surface area contributed by atoms with Crippen molar-refractivity contribution in [3.8, 4) is 0 Å². The summed E-state index contributed by atoms with van der Waals surface area (Å²) in [6.07, 6.45) is 1.89. The number of halogens is 1. The summed E-state index contributed by atoms with van der Waals surface area (Å²) in [5.41, 5.74) is 8.01. The Kier molecular flexibility index (Phi) is 4.31. The third-order valence-electron chi connectivity index (χ3n) is 3.80. The van der Waals surface area contributed by atoms with Gasteiger partial charge in [0, 0.05) is 18.7 Å². The summed E-state index contributed by atoms with van der Waals surface area (Å²) in [5.74, 6) is 0.122. The molecule has 1 aliphatic heterocycles. The zero-order valence-corrected chi connectivity index (χ0v) is 12.9. The molecular formula is C16H18FN5O. The maximum absolute atomic E-state index is 13.3. The topological polar surface area (TPSA) is 78.9 Å². The number of aryl methyl sites for hydroxylation is 2. The Morgan fingerprint density at radius 3 is 2.91 bits per heavy atom. The van der Waals surface area contributed by atoms with Gasteiger partial charge in [0.05, 0.1) is 17.4 Å². The number of carbonyl (C=O) groups excluding carboxylic acids is 1. The fourth-order valence-electron chi connectivity index (χ4n) is 2.63. The predicted molar refractivity (Wildman–Crippen MR) is 82.8 cm³/mol. The van der Waals surface area contributed by atoms with Crippen molar-refractivity contribution in [3.05, 3.63) is 58.9 Å². The molecule has 3 rings (SSSR count). The highest BCUT2D eigenvalue weighted by atomic mass is 19.1. The van der Waals surface area contributed by atoms with Crippen molar-refractivity contribution in [2.24, 2.45) is 0 Å². The van der Waals surface area contributed by atoms with Crippen molar-refractivity contribution in [3.63, 3.8) is 0 Å². The van der Waals surface area contributed by atoms with Gasteiger partial charge in [0.25, 0.3) is 5.91 Å². The lowest BCUT2D eigenvalue weighted by Gasteiger charge is -2.13. The third kappa shape index (κ3) is 3.52. The molecule has 0 aliphatic carbocycles. The number of hydrogen-bond donors (Lipinski definition) is 3. The fraction of sp³-hybridized carbons (Fsp3) is 0.312. The van der Waals surface area contributed by atoms with Crippen LogP contribution in [0.5, 0.6) is 0 Å². The standard InChI is InChI=1S/C16H18FN5O/c1-9-13(8-18-10(2)19-9)16(23)20-15-7-14(21-22-15)11-4-3-5-12(17)6-11/h3-6,8,14-15,21-22H,7H2,1-2H3,(H,20,23). The molecule has 2 atom stereocenters. The smallest absolute Gasteiger partial charge is 0.255 e. The molecule has 7 heteroatoms. The number of amides is 1. The summed E-state index contributed by atoms with van der Waals surface area (Å²) in [5, 5.41) is 2.88. The number of nitrogens with one attached hydrogen (secondary N) is 3. The van der Waals surface area contributed by atoms with Crippen molar-refractivity contribution in [2.75, 3.05) is 0 Å². The Balaban J connectivity index is 1.64. The van der Waals surface area contributed by atoms with Gasteiger partial charge in [-0.15, -0.1) is 0 Å². The maximum Gasteiger partial charge on any atom is 0.255 e. The number of hydrazine groups is 1. The van der Waals surface area contributed by atoms with E-state index in [1.54, 1.807) is 19.9 Å². The van der Waals surface area contributed by atoms with Crippen LogP contribution in [-0.2, 0) is 0 Å². The van der Waals surface area contributed by atoms with Crippen LogP contribution in [-0.4, -0.2) is 22.0 Å². The SMILES string of the molecule is Cc1ncc(C(=O)NC2CC(c3cccc(F)c3)NN2)c(C)n1. The summed E-state index contributed by atoms with van der Waals surface area (Å²) in [7, 11) is 0. The van der Waals surface area contributed by atoms with Gasteiger partial charge in [-0.3, -0.25) is 4.79 Å². The number of hydrogen-bond acceptors (Lipinski definition) is 5. The Morgan fingerprint density at radius 2 is 2.17 bits per heavy atom. The average Bonchev–Trinajstić information content (AvgIpc) is 2.95.